The van der Waals surface area contributed by atoms with E-state index in [4.69, 9.17) is 9.47 Å². The third-order valence-electron chi connectivity index (χ3n) is 4.44. The third kappa shape index (κ3) is 2.40. The summed E-state index contributed by atoms with van der Waals surface area (Å²) < 4.78 is 11.3. The van der Waals surface area contributed by atoms with Crippen LogP contribution in [0.4, 0.5) is 0 Å². The predicted molar refractivity (Wildman–Crippen MR) is 74.1 cm³/mol. The van der Waals surface area contributed by atoms with Gasteiger partial charge in [-0.05, 0) is 43.4 Å². The zero-order chi connectivity index (χ0) is 14.0. The number of rotatable bonds is 4. The minimum Gasteiger partial charge on any atom is -0.488 e. The Morgan fingerprint density at radius 2 is 2.00 bits per heavy atom. The summed E-state index contributed by atoms with van der Waals surface area (Å²) in [4.78, 5) is 11.5. The standard InChI is InChI=1S/C16H20O4/c17-15(18)16(8-2-9-16)12-4-6-13(7-5-12)20-14-3-1-10-19-11-14/h4-7,14H,1-3,8-11H2,(H,17,18). The molecule has 20 heavy (non-hydrogen) atoms. The van der Waals surface area contributed by atoms with Crippen LogP contribution in [0.5, 0.6) is 5.75 Å². The van der Waals surface area contributed by atoms with Crippen LogP contribution in [0.1, 0.15) is 37.7 Å². The fourth-order valence-corrected chi connectivity index (χ4v) is 3.01. The highest BCUT2D eigenvalue weighted by Gasteiger charge is 2.45. The van der Waals surface area contributed by atoms with Crippen LogP contribution >= 0.6 is 0 Å². The van der Waals surface area contributed by atoms with Crippen molar-refractivity contribution in [2.24, 2.45) is 0 Å². The van der Waals surface area contributed by atoms with Gasteiger partial charge in [0.15, 0.2) is 0 Å². The monoisotopic (exact) mass is 276 g/mol. The molecular weight excluding hydrogens is 256 g/mol. The van der Waals surface area contributed by atoms with Crippen molar-refractivity contribution in [3.8, 4) is 5.75 Å². The first-order valence-corrected chi connectivity index (χ1v) is 7.29. The van der Waals surface area contributed by atoms with Crippen LogP contribution in [0.3, 0.4) is 0 Å². The van der Waals surface area contributed by atoms with Crippen molar-refractivity contribution in [2.75, 3.05) is 13.2 Å². The molecule has 4 nitrogen and oxygen atoms in total. The van der Waals surface area contributed by atoms with Gasteiger partial charge >= 0.3 is 5.97 Å². The maximum atomic E-state index is 11.5. The molecule has 0 amide bonds. The Bertz CT molecular complexity index is 470. The van der Waals surface area contributed by atoms with Crippen molar-refractivity contribution in [3.63, 3.8) is 0 Å². The molecule has 0 spiro atoms. The van der Waals surface area contributed by atoms with E-state index in [-0.39, 0.29) is 6.10 Å². The first-order chi connectivity index (χ1) is 9.71. The van der Waals surface area contributed by atoms with Crippen molar-refractivity contribution >= 4 is 5.97 Å². The maximum absolute atomic E-state index is 11.5. The lowest BCUT2D eigenvalue weighted by atomic mass is 9.64. The van der Waals surface area contributed by atoms with E-state index in [1.165, 1.54) is 0 Å². The van der Waals surface area contributed by atoms with Gasteiger partial charge in [-0.15, -0.1) is 0 Å². The molecule has 1 atom stereocenters. The summed E-state index contributed by atoms with van der Waals surface area (Å²) in [5.41, 5.74) is 0.232. The lowest BCUT2D eigenvalue weighted by Crippen LogP contribution is -2.42. The second kappa shape index (κ2) is 5.44. The lowest BCUT2D eigenvalue weighted by molar-refractivity contribution is -0.147. The number of carboxylic acid groups (broad SMARTS) is 1. The van der Waals surface area contributed by atoms with Crippen LogP contribution in [-0.4, -0.2) is 30.4 Å². The Hall–Kier alpha value is -1.55. The minimum absolute atomic E-state index is 0.117. The molecule has 2 aliphatic rings. The third-order valence-corrected chi connectivity index (χ3v) is 4.44. The highest BCUT2D eigenvalue weighted by Crippen LogP contribution is 2.44. The smallest absolute Gasteiger partial charge is 0.314 e. The van der Waals surface area contributed by atoms with Gasteiger partial charge in [0.05, 0.1) is 12.0 Å². The fraction of sp³-hybridized carbons (Fsp3) is 0.562. The Kier molecular flexibility index (Phi) is 3.66. The Morgan fingerprint density at radius 1 is 1.25 bits per heavy atom. The second-order valence-corrected chi connectivity index (χ2v) is 5.72. The summed E-state index contributed by atoms with van der Waals surface area (Å²) in [5.74, 6) is 0.0854. The summed E-state index contributed by atoms with van der Waals surface area (Å²) in [7, 11) is 0. The van der Waals surface area contributed by atoms with Crippen LogP contribution in [0, 0.1) is 0 Å². The summed E-state index contributed by atoms with van der Waals surface area (Å²) in [6.45, 7) is 1.46. The highest BCUT2D eigenvalue weighted by molar-refractivity contribution is 5.82. The zero-order valence-electron chi connectivity index (χ0n) is 11.5. The number of carboxylic acids is 1. The van der Waals surface area contributed by atoms with E-state index >= 15 is 0 Å². The van der Waals surface area contributed by atoms with Gasteiger partial charge in [0.2, 0.25) is 0 Å². The van der Waals surface area contributed by atoms with Gasteiger partial charge < -0.3 is 14.6 Å². The molecule has 2 fully saturated rings. The molecule has 0 aromatic heterocycles. The van der Waals surface area contributed by atoms with Gasteiger partial charge in [-0.3, -0.25) is 4.79 Å². The molecule has 1 N–H and O–H groups in total. The number of hydrogen-bond acceptors (Lipinski definition) is 3. The molecule has 1 saturated carbocycles. The number of benzene rings is 1. The molecule has 108 valence electrons. The second-order valence-electron chi connectivity index (χ2n) is 5.72. The summed E-state index contributed by atoms with van der Waals surface area (Å²) in [6, 6.07) is 7.55. The molecule has 1 aromatic rings. The van der Waals surface area contributed by atoms with Crippen molar-refractivity contribution in [2.45, 2.75) is 43.6 Å². The SMILES string of the molecule is O=C(O)C1(c2ccc(OC3CCCOC3)cc2)CCC1. The molecule has 1 aliphatic carbocycles. The van der Waals surface area contributed by atoms with Crippen molar-refractivity contribution in [1.82, 2.24) is 0 Å². The molecule has 0 bridgehead atoms. The summed E-state index contributed by atoms with van der Waals surface area (Å²) in [6.07, 6.45) is 4.62. The Labute approximate surface area is 118 Å². The molecule has 1 aliphatic heterocycles. The van der Waals surface area contributed by atoms with E-state index in [2.05, 4.69) is 0 Å². The molecule has 3 rings (SSSR count). The van der Waals surface area contributed by atoms with E-state index in [1.54, 1.807) is 0 Å². The van der Waals surface area contributed by atoms with E-state index in [0.717, 1.165) is 50.0 Å². The number of aliphatic carboxylic acids is 1. The van der Waals surface area contributed by atoms with Gasteiger partial charge in [-0.2, -0.15) is 0 Å². The molecule has 1 unspecified atom stereocenters. The van der Waals surface area contributed by atoms with Gasteiger partial charge in [0, 0.05) is 6.61 Å². The highest BCUT2D eigenvalue weighted by atomic mass is 16.5. The lowest BCUT2D eigenvalue weighted by Gasteiger charge is -2.38. The largest absolute Gasteiger partial charge is 0.488 e. The first kappa shape index (κ1) is 13.4. The normalized spacial score (nSPS) is 24.7. The molecule has 1 aromatic carbocycles. The predicted octanol–water partition coefficient (Wildman–Crippen LogP) is 2.75. The topological polar surface area (TPSA) is 55.8 Å². The molecule has 4 heteroatoms. The molecule has 1 heterocycles. The van der Waals surface area contributed by atoms with Gasteiger partial charge in [-0.1, -0.05) is 18.6 Å². The van der Waals surface area contributed by atoms with Crippen LogP contribution in [0.2, 0.25) is 0 Å². The summed E-state index contributed by atoms with van der Waals surface area (Å²) >= 11 is 0. The Balaban J connectivity index is 1.69. The van der Waals surface area contributed by atoms with E-state index < -0.39 is 11.4 Å². The van der Waals surface area contributed by atoms with Crippen molar-refractivity contribution < 1.29 is 19.4 Å². The number of hydrogen-bond donors (Lipinski definition) is 1. The van der Waals surface area contributed by atoms with Gasteiger partial charge in [0.25, 0.3) is 0 Å². The van der Waals surface area contributed by atoms with Crippen LogP contribution in [-0.2, 0) is 14.9 Å². The summed E-state index contributed by atoms with van der Waals surface area (Å²) in [5, 5.41) is 9.42. The average molecular weight is 276 g/mol. The minimum atomic E-state index is -0.710. The van der Waals surface area contributed by atoms with Crippen LogP contribution < -0.4 is 4.74 Å². The van der Waals surface area contributed by atoms with Crippen molar-refractivity contribution in [1.29, 1.82) is 0 Å². The Morgan fingerprint density at radius 3 is 2.50 bits per heavy atom. The quantitative estimate of drug-likeness (QED) is 0.918. The van der Waals surface area contributed by atoms with Crippen LogP contribution in [0.25, 0.3) is 0 Å². The average Bonchev–Trinajstić information content (AvgIpc) is 2.40. The number of carbonyl (C=O) groups is 1. The van der Waals surface area contributed by atoms with Crippen molar-refractivity contribution in [3.05, 3.63) is 29.8 Å². The first-order valence-electron chi connectivity index (χ1n) is 7.29. The number of ether oxygens (including phenoxy) is 2. The van der Waals surface area contributed by atoms with Gasteiger partial charge in [0.1, 0.15) is 11.9 Å². The van der Waals surface area contributed by atoms with E-state index in [1.807, 2.05) is 24.3 Å². The molecule has 0 radical (unpaired) electrons. The van der Waals surface area contributed by atoms with E-state index in [0.29, 0.717) is 6.61 Å². The molecular formula is C16H20O4. The van der Waals surface area contributed by atoms with E-state index in [9.17, 15) is 9.90 Å². The van der Waals surface area contributed by atoms with Crippen LogP contribution in [0.15, 0.2) is 24.3 Å². The molecule has 1 saturated heterocycles. The van der Waals surface area contributed by atoms with Gasteiger partial charge in [-0.25, -0.2) is 0 Å². The zero-order valence-corrected chi connectivity index (χ0v) is 11.5. The maximum Gasteiger partial charge on any atom is 0.314 e. The fourth-order valence-electron chi connectivity index (χ4n) is 3.01.